The zero-order chi connectivity index (χ0) is 13.4. The van der Waals surface area contributed by atoms with Crippen LogP contribution in [0.5, 0.6) is 0 Å². The molecule has 0 aliphatic rings. The Balaban J connectivity index is 2.36. The van der Waals surface area contributed by atoms with Crippen molar-refractivity contribution in [1.82, 2.24) is 14.5 Å². The summed E-state index contributed by atoms with van der Waals surface area (Å²) in [5.41, 5.74) is 1.02. The summed E-state index contributed by atoms with van der Waals surface area (Å²) >= 11 is 0. The minimum absolute atomic E-state index is 0.765. The fraction of sp³-hybridized carbons (Fsp3) is 0.615. The lowest BCUT2D eigenvalue weighted by Gasteiger charge is -2.16. The topological polar surface area (TPSA) is 42.3 Å². The zero-order valence-electron chi connectivity index (χ0n) is 11.6. The van der Waals surface area contributed by atoms with E-state index in [0.717, 1.165) is 44.4 Å². The monoisotopic (exact) mass is 252 g/mol. The van der Waals surface area contributed by atoms with Gasteiger partial charge in [-0.15, -0.1) is 6.58 Å². The molecule has 0 radical (unpaired) electrons. The number of rotatable bonds is 9. The second-order valence-electron chi connectivity index (χ2n) is 4.37. The van der Waals surface area contributed by atoms with Gasteiger partial charge in [-0.25, -0.2) is 4.98 Å². The lowest BCUT2D eigenvalue weighted by molar-refractivity contribution is 0.163. The Morgan fingerprint density at radius 2 is 2.33 bits per heavy atom. The van der Waals surface area contributed by atoms with Crippen LogP contribution in [-0.2, 0) is 11.3 Å². The number of ether oxygens (including phenoxy) is 1. The number of likely N-dealkylation sites (N-methyl/N-ethyl adjacent to an activating group) is 1. The van der Waals surface area contributed by atoms with Gasteiger partial charge in [0.05, 0.1) is 12.3 Å². The summed E-state index contributed by atoms with van der Waals surface area (Å²) in [7, 11) is 3.81. The molecule has 0 bridgehead atoms. The van der Waals surface area contributed by atoms with E-state index in [0.29, 0.717) is 0 Å². The van der Waals surface area contributed by atoms with Gasteiger partial charge in [-0.2, -0.15) is 0 Å². The Kier molecular flexibility index (Phi) is 6.46. The first-order chi connectivity index (χ1) is 8.67. The Morgan fingerprint density at radius 3 is 3.00 bits per heavy atom. The van der Waals surface area contributed by atoms with Crippen molar-refractivity contribution in [3.05, 3.63) is 24.5 Å². The molecule has 0 saturated carbocycles. The van der Waals surface area contributed by atoms with Crippen LogP contribution >= 0.6 is 0 Å². The summed E-state index contributed by atoms with van der Waals surface area (Å²) in [6, 6.07) is 0. The molecule has 0 spiro atoms. The predicted molar refractivity (Wildman–Crippen MR) is 75.0 cm³/mol. The van der Waals surface area contributed by atoms with Crippen LogP contribution in [0, 0.1) is 6.92 Å². The first-order valence-electron chi connectivity index (χ1n) is 6.23. The van der Waals surface area contributed by atoms with Crippen molar-refractivity contribution in [2.75, 3.05) is 45.7 Å². The number of imidazole rings is 1. The summed E-state index contributed by atoms with van der Waals surface area (Å²) in [5.74, 6) is 0.910. The molecular weight excluding hydrogens is 228 g/mol. The molecule has 1 heterocycles. The third kappa shape index (κ3) is 4.89. The van der Waals surface area contributed by atoms with Crippen LogP contribution in [0.1, 0.15) is 5.69 Å². The van der Waals surface area contributed by atoms with E-state index in [1.54, 1.807) is 7.11 Å². The normalized spacial score (nSPS) is 10.9. The number of anilines is 1. The molecule has 0 unspecified atom stereocenters. The predicted octanol–water partition coefficient (Wildman–Crippen LogP) is 1.37. The third-order valence-corrected chi connectivity index (χ3v) is 2.68. The Hall–Kier alpha value is -1.33. The van der Waals surface area contributed by atoms with E-state index in [-0.39, 0.29) is 0 Å². The average Bonchev–Trinajstić information content (AvgIpc) is 2.68. The highest BCUT2D eigenvalue weighted by Crippen LogP contribution is 2.07. The largest absolute Gasteiger partial charge is 0.383 e. The molecule has 102 valence electrons. The number of hydrogen-bond acceptors (Lipinski definition) is 4. The molecule has 1 aromatic rings. The molecule has 0 fully saturated rings. The highest BCUT2D eigenvalue weighted by molar-refractivity contribution is 5.29. The summed E-state index contributed by atoms with van der Waals surface area (Å²) in [6.45, 7) is 10.1. The van der Waals surface area contributed by atoms with Crippen LogP contribution in [0.3, 0.4) is 0 Å². The van der Waals surface area contributed by atoms with E-state index in [9.17, 15) is 0 Å². The van der Waals surface area contributed by atoms with Crippen molar-refractivity contribution in [3.8, 4) is 0 Å². The van der Waals surface area contributed by atoms with Gasteiger partial charge in [0, 0.05) is 39.5 Å². The van der Waals surface area contributed by atoms with E-state index in [2.05, 4.69) is 33.4 Å². The van der Waals surface area contributed by atoms with Crippen molar-refractivity contribution in [2.45, 2.75) is 13.5 Å². The zero-order valence-corrected chi connectivity index (χ0v) is 11.6. The van der Waals surface area contributed by atoms with Gasteiger partial charge in [0.15, 0.2) is 0 Å². The summed E-state index contributed by atoms with van der Waals surface area (Å²) < 4.78 is 7.11. The van der Waals surface area contributed by atoms with E-state index < -0.39 is 0 Å². The maximum Gasteiger partial charge on any atom is 0.203 e. The molecule has 1 N–H and O–H groups in total. The molecule has 0 saturated heterocycles. The molecular formula is C13H24N4O. The Morgan fingerprint density at radius 1 is 1.56 bits per heavy atom. The van der Waals surface area contributed by atoms with E-state index in [1.807, 2.05) is 19.2 Å². The summed E-state index contributed by atoms with van der Waals surface area (Å²) in [6.07, 6.45) is 3.90. The van der Waals surface area contributed by atoms with Crippen molar-refractivity contribution < 1.29 is 4.74 Å². The molecule has 5 nitrogen and oxygen atoms in total. The number of nitrogens with one attached hydrogen (secondary N) is 1. The number of nitrogens with zero attached hydrogens (tertiary/aromatic N) is 3. The molecule has 0 aromatic carbocycles. The van der Waals surface area contributed by atoms with Gasteiger partial charge in [0.1, 0.15) is 0 Å². The number of aryl methyl sites for hydroxylation is 1. The van der Waals surface area contributed by atoms with Gasteiger partial charge >= 0.3 is 0 Å². The van der Waals surface area contributed by atoms with Gasteiger partial charge in [0.25, 0.3) is 0 Å². The maximum atomic E-state index is 5.04. The lowest BCUT2D eigenvalue weighted by atomic mass is 10.5. The molecule has 1 rings (SSSR count). The third-order valence-electron chi connectivity index (χ3n) is 2.68. The van der Waals surface area contributed by atoms with Gasteiger partial charge in [0.2, 0.25) is 5.95 Å². The van der Waals surface area contributed by atoms with Gasteiger partial charge in [-0.1, -0.05) is 6.08 Å². The van der Waals surface area contributed by atoms with Crippen molar-refractivity contribution in [1.29, 1.82) is 0 Å². The quantitative estimate of drug-likeness (QED) is 0.674. The van der Waals surface area contributed by atoms with E-state index in [4.69, 9.17) is 4.74 Å². The van der Waals surface area contributed by atoms with Gasteiger partial charge in [-0.3, -0.25) is 0 Å². The fourth-order valence-corrected chi connectivity index (χ4v) is 1.68. The molecule has 1 aromatic heterocycles. The number of hydrogen-bond donors (Lipinski definition) is 1. The summed E-state index contributed by atoms with van der Waals surface area (Å²) in [4.78, 5) is 6.68. The van der Waals surface area contributed by atoms with Crippen molar-refractivity contribution in [3.63, 3.8) is 0 Å². The summed E-state index contributed by atoms with van der Waals surface area (Å²) in [5, 5.41) is 3.35. The highest BCUT2D eigenvalue weighted by Gasteiger charge is 2.04. The van der Waals surface area contributed by atoms with Crippen molar-refractivity contribution >= 4 is 5.95 Å². The minimum Gasteiger partial charge on any atom is -0.383 e. The van der Waals surface area contributed by atoms with Gasteiger partial charge < -0.3 is 19.5 Å². The number of aromatic nitrogens is 2. The fourth-order valence-electron chi connectivity index (χ4n) is 1.68. The molecule has 0 atom stereocenters. The average molecular weight is 252 g/mol. The molecule has 5 heteroatoms. The number of methoxy groups -OCH3 is 1. The van der Waals surface area contributed by atoms with E-state index >= 15 is 0 Å². The number of allylic oxidation sites excluding steroid dienone is 1. The second-order valence-corrected chi connectivity index (χ2v) is 4.37. The SMILES string of the molecule is C=CCn1cc(C)nc1NCCN(C)CCOC. The molecule has 0 amide bonds. The standard InChI is InChI=1S/C13H24N4O/c1-5-7-17-11-12(2)15-13(17)14-6-8-16(3)9-10-18-4/h5,11H,1,6-10H2,2-4H3,(H,14,15). The maximum absolute atomic E-state index is 5.04. The Labute approximate surface area is 109 Å². The van der Waals surface area contributed by atoms with Crippen LogP contribution in [0.25, 0.3) is 0 Å². The smallest absolute Gasteiger partial charge is 0.203 e. The van der Waals surface area contributed by atoms with Crippen LogP contribution in [0.2, 0.25) is 0 Å². The lowest BCUT2D eigenvalue weighted by Crippen LogP contribution is -2.28. The molecule has 18 heavy (non-hydrogen) atoms. The van der Waals surface area contributed by atoms with Crippen LogP contribution < -0.4 is 5.32 Å². The second kappa shape index (κ2) is 7.89. The first kappa shape index (κ1) is 14.7. The highest BCUT2D eigenvalue weighted by atomic mass is 16.5. The van der Waals surface area contributed by atoms with Crippen LogP contribution in [0.15, 0.2) is 18.9 Å². The van der Waals surface area contributed by atoms with Gasteiger partial charge in [-0.05, 0) is 14.0 Å². The molecule has 0 aliphatic carbocycles. The van der Waals surface area contributed by atoms with E-state index in [1.165, 1.54) is 0 Å². The van der Waals surface area contributed by atoms with Crippen LogP contribution in [0.4, 0.5) is 5.95 Å². The van der Waals surface area contributed by atoms with Crippen LogP contribution in [-0.4, -0.2) is 54.8 Å². The Bertz CT molecular complexity index is 362. The minimum atomic E-state index is 0.765. The van der Waals surface area contributed by atoms with Crippen molar-refractivity contribution in [2.24, 2.45) is 0 Å². The first-order valence-corrected chi connectivity index (χ1v) is 6.23. The molecule has 0 aliphatic heterocycles.